The maximum Gasteiger partial charge on any atom is 0.279 e. The summed E-state index contributed by atoms with van der Waals surface area (Å²) >= 11 is 0. The molecule has 0 aliphatic carbocycles. The lowest BCUT2D eigenvalue weighted by Gasteiger charge is -2.22. The second-order valence-corrected chi connectivity index (χ2v) is 8.23. The third kappa shape index (κ3) is 5.17. The molecule has 7 nitrogen and oxygen atoms in total. The smallest absolute Gasteiger partial charge is 0.279 e. The van der Waals surface area contributed by atoms with Crippen molar-refractivity contribution < 1.29 is 22.5 Å². The molecule has 0 radical (unpaired) electrons. The van der Waals surface area contributed by atoms with Crippen LogP contribution in [0.15, 0.2) is 52.0 Å². The lowest BCUT2D eigenvalue weighted by Crippen LogP contribution is -3.13. The van der Waals surface area contributed by atoms with E-state index in [9.17, 15) is 13.2 Å². The summed E-state index contributed by atoms with van der Waals surface area (Å²) in [5.74, 6) is 0.433. The van der Waals surface area contributed by atoms with Gasteiger partial charge in [-0.15, -0.1) is 0 Å². The summed E-state index contributed by atoms with van der Waals surface area (Å²) in [6.45, 7) is 2.51. The lowest BCUT2D eigenvalue weighted by molar-refractivity contribution is -0.896. The fraction of sp³-hybridized carbons (Fsp3) is 0.389. The monoisotopic (exact) mass is 378 g/mol. The second kappa shape index (κ2) is 8.48. The highest BCUT2D eigenvalue weighted by Crippen LogP contribution is 2.16. The van der Waals surface area contributed by atoms with Crippen LogP contribution in [0, 0.1) is 0 Å². The average molecular weight is 378 g/mol. The van der Waals surface area contributed by atoms with Crippen LogP contribution in [0.25, 0.3) is 0 Å². The van der Waals surface area contributed by atoms with Gasteiger partial charge >= 0.3 is 0 Å². The van der Waals surface area contributed by atoms with Crippen LogP contribution >= 0.6 is 0 Å². The fourth-order valence-corrected chi connectivity index (χ4v) is 4.10. The zero-order valence-electron chi connectivity index (χ0n) is 14.5. The van der Waals surface area contributed by atoms with E-state index in [1.54, 1.807) is 24.3 Å². The molecule has 1 aromatic heterocycles. The minimum atomic E-state index is -3.69. The lowest BCUT2D eigenvalue weighted by atomic mass is 10.1. The van der Waals surface area contributed by atoms with E-state index in [0.717, 1.165) is 25.9 Å². The van der Waals surface area contributed by atoms with E-state index in [1.165, 1.54) is 29.7 Å². The van der Waals surface area contributed by atoms with Gasteiger partial charge in [-0.25, -0.2) is 13.1 Å². The van der Waals surface area contributed by atoms with Gasteiger partial charge in [0, 0.05) is 5.69 Å². The molecule has 0 bridgehead atoms. The van der Waals surface area contributed by atoms with Gasteiger partial charge in [0.1, 0.15) is 5.76 Å². The molecule has 0 saturated carbocycles. The number of quaternary nitrogens is 1. The Labute approximate surface area is 153 Å². The third-order valence-electron chi connectivity index (χ3n) is 4.42. The SMILES string of the molecule is O=C(C[NH+]1CCCCC1)Nc1cccc(S(=O)(=O)NCc2ccco2)c1. The van der Waals surface area contributed by atoms with E-state index in [2.05, 4.69) is 10.0 Å². The molecule has 3 rings (SSSR count). The van der Waals surface area contributed by atoms with Crippen LogP contribution in [0.2, 0.25) is 0 Å². The highest BCUT2D eigenvalue weighted by molar-refractivity contribution is 7.89. The molecule has 2 aromatic rings. The number of carbonyl (C=O) groups is 1. The van der Waals surface area contributed by atoms with E-state index in [1.807, 2.05) is 0 Å². The average Bonchev–Trinajstić information content (AvgIpc) is 3.15. The van der Waals surface area contributed by atoms with Gasteiger partial charge in [0.2, 0.25) is 10.0 Å². The van der Waals surface area contributed by atoms with Crippen LogP contribution in [0.5, 0.6) is 0 Å². The number of anilines is 1. The second-order valence-electron chi connectivity index (χ2n) is 6.47. The van der Waals surface area contributed by atoms with E-state index in [4.69, 9.17) is 4.42 Å². The third-order valence-corrected chi connectivity index (χ3v) is 5.81. The Morgan fingerprint density at radius 3 is 2.65 bits per heavy atom. The molecule has 1 aliphatic rings. The topological polar surface area (TPSA) is 92.9 Å². The van der Waals surface area contributed by atoms with Crippen LogP contribution in [-0.2, 0) is 21.4 Å². The van der Waals surface area contributed by atoms with Crippen LogP contribution in [0.3, 0.4) is 0 Å². The van der Waals surface area contributed by atoms with Crippen molar-refractivity contribution in [3.63, 3.8) is 0 Å². The van der Waals surface area contributed by atoms with Crippen LogP contribution in [0.4, 0.5) is 5.69 Å². The van der Waals surface area contributed by atoms with Gasteiger partial charge in [0.15, 0.2) is 6.54 Å². The molecule has 1 aliphatic heterocycles. The van der Waals surface area contributed by atoms with Gasteiger partial charge in [0.25, 0.3) is 5.91 Å². The first-order chi connectivity index (χ1) is 12.5. The quantitative estimate of drug-likeness (QED) is 0.663. The fourth-order valence-electron chi connectivity index (χ4n) is 3.06. The number of carbonyl (C=O) groups excluding carboxylic acids is 1. The molecule has 0 spiro atoms. The molecule has 8 heteroatoms. The number of rotatable bonds is 7. The highest BCUT2D eigenvalue weighted by Gasteiger charge is 2.19. The number of hydrogen-bond donors (Lipinski definition) is 3. The number of sulfonamides is 1. The zero-order valence-corrected chi connectivity index (χ0v) is 15.3. The van der Waals surface area contributed by atoms with E-state index >= 15 is 0 Å². The van der Waals surface area contributed by atoms with Crippen molar-refractivity contribution in [1.29, 1.82) is 0 Å². The molecule has 0 atom stereocenters. The minimum Gasteiger partial charge on any atom is -0.468 e. The standard InChI is InChI=1S/C18H23N3O4S/c22-18(14-21-9-2-1-3-10-21)20-15-6-4-8-17(12-15)26(23,24)19-13-16-7-5-11-25-16/h4-8,11-12,19H,1-3,9-10,13-14H2,(H,20,22)/p+1. The Hall–Kier alpha value is -2.16. The molecule has 3 N–H and O–H groups in total. The Bertz CT molecular complexity index is 828. The Morgan fingerprint density at radius 1 is 1.12 bits per heavy atom. The first kappa shape index (κ1) is 18.6. The summed E-state index contributed by atoms with van der Waals surface area (Å²) in [7, 11) is -3.69. The number of nitrogens with one attached hydrogen (secondary N) is 3. The summed E-state index contributed by atoms with van der Waals surface area (Å²) in [6, 6.07) is 9.66. The number of benzene rings is 1. The molecule has 1 saturated heterocycles. The normalized spacial score (nSPS) is 15.7. The van der Waals surface area contributed by atoms with Gasteiger partial charge in [-0.3, -0.25) is 4.79 Å². The maximum absolute atomic E-state index is 12.4. The molecule has 2 heterocycles. The minimum absolute atomic E-state index is 0.0737. The van der Waals surface area contributed by atoms with Crippen molar-refractivity contribution >= 4 is 21.6 Å². The molecular formula is C18H24N3O4S+. The van der Waals surface area contributed by atoms with E-state index in [0.29, 0.717) is 18.0 Å². The van der Waals surface area contributed by atoms with Gasteiger partial charge in [-0.05, 0) is 49.6 Å². The summed E-state index contributed by atoms with van der Waals surface area (Å²) in [5, 5.41) is 2.80. The van der Waals surface area contributed by atoms with Crippen molar-refractivity contribution in [2.75, 3.05) is 25.0 Å². The number of likely N-dealkylation sites (tertiary alicyclic amines) is 1. The summed E-state index contributed by atoms with van der Waals surface area (Å²) in [6.07, 6.45) is 5.02. The summed E-state index contributed by atoms with van der Waals surface area (Å²) < 4.78 is 32.4. The Kier molecular flexibility index (Phi) is 6.08. The summed E-state index contributed by atoms with van der Waals surface area (Å²) in [5.41, 5.74) is 0.479. The van der Waals surface area contributed by atoms with E-state index < -0.39 is 10.0 Å². The predicted octanol–water partition coefficient (Wildman–Crippen LogP) is 0.765. The number of piperidine rings is 1. The van der Waals surface area contributed by atoms with Gasteiger partial charge in [-0.2, -0.15) is 0 Å². The number of amides is 1. The molecule has 1 fully saturated rings. The highest BCUT2D eigenvalue weighted by atomic mass is 32.2. The van der Waals surface area contributed by atoms with Crippen LogP contribution < -0.4 is 14.9 Å². The zero-order chi connectivity index (χ0) is 18.4. The van der Waals surface area contributed by atoms with Crippen molar-refractivity contribution in [2.45, 2.75) is 30.7 Å². The first-order valence-electron chi connectivity index (χ1n) is 8.78. The van der Waals surface area contributed by atoms with Gasteiger partial charge in [0.05, 0.1) is 30.8 Å². The molecule has 0 unspecified atom stereocenters. The van der Waals surface area contributed by atoms with Crippen molar-refractivity contribution in [2.24, 2.45) is 0 Å². The van der Waals surface area contributed by atoms with Gasteiger partial charge in [-0.1, -0.05) is 6.07 Å². The van der Waals surface area contributed by atoms with Crippen molar-refractivity contribution in [3.8, 4) is 0 Å². The molecule has 1 amide bonds. The van der Waals surface area contributed by atoms with Crippen molar-refractivity contribution in [1.82, 2.24) is 4.72 Å². The van der Waals surface area contributed by atoms with Crippen molar-refractivity contribution in [3.05, 3.63) is 48.4 Å². The Balaban J connectivity index is 1.60. The van der Waals surface area contributed by atoms with Crippen LogP contribution in [0.1, 0.15) is 25.0 Å². The maximum atomic E-state index is 12.4. The molecule has 26 heavy (non-hydrogen) atoms. The largest absolute Gasteiger partial charge is 0.468 e. The number of hydrogen-bond acceptors (Lipinski definition) is 4. The predicted molar refractivity (Wildman–Crippen MR) is 97.2 cm³/mol. The number of furan rings is 1. The van der Waals surface area contributed by atoms with E-state index in [-0.39, 0.29) is 17.3 Å². The summed E-state index contributed by atoms with van der Waals surface area (Å²) in [4.78, 5) is 13.6. The van der Waals surface area contributed by atoms with Gasteiger partial charge < -0.3 is 14.6 Å². The molecule has 140 valence electrons. The van der Waals surface area contributed by atoms with Crippen LogP contribution in [-0.4, -0.2) is 34.0 Å². The molecule has 1 aromatic carbocycles. The molecular weight excluding hydrogens is 354 g/mol. The first-order valence-corrected chi connectivity index (χ1v) is 10.3. The Morgan fingerprint density at radius 2 is 1.92 bits per heavy atom.